The molecular weight excluding hydrogens is 413 g/mol. The van der Waals surface area contributed by atoms with E-state index in [1.54, 1.807) is 0 Å². The molecule has 0 spiro atoms. The standard InChI is InChI=1S/C20H18BrNSe/c21-17-13-11-16(12-14-17)20(22-18-7-3-1-4-8-18)15-23-19-9-5-2-6-10-19/h1-14,20,22H,15H2. The Morgan fingerprint density at radius 3 is 2.04 bits per heavy atom. The Morgan fingerprint density at radius 1 is 0.783 bits per heavy atom. The van der Waals surface area contributed by atoms with Crippen LogP contribution in [0.4, 0.5) is 5.69 Å². The summed E-state index contributed by atoms with van der Waals surface area (Å²) in [4.78, 5) is 0. The van der Waals surface area contributed by atoms with E-state index in [1.807, 2.05) is 6.07 Å². The molecule has 1 unspecified atom stereocenters. The van der Waals surface area contributed by atoms with Gasteiger partial charge in [-0.05, 0) is 0 Å². The van der Waals surface area contributed by atoms with Gasteiger partial charge in [0, 0.05) is 0 Å². The predicted molar refractivity (Wildman–Crippen MR) is 104 cm³/mol. The molecule has 0 fully saturated rings. The molecule has 116 valence electrons. The summed E-state index contributed by atoms with van der Waals surface area (Å²) in [5, 5.41) is 4.80. The molecule has 0 amide bonds. The van der Waals surface area contributed by atoms with E-state index in [1.165, 1.54) is 15.7 Å². The molecule has 3 aromatic rings. The zero-order valence-corrected chi connectivity index (χ0v) is 16.0. The zero-order chi connectivity index (χ0) is 15.9. The van der Waals surface area contributed by atoms with Crippen LogP contribution >= 0.6 is 15.9 Å². The number of hydrogen-bond donors (Lipinski definition) is 1. The van der Waals surface area contributed by atoms with Crippen molar-refractivity contribution < 1.29 is 0 Å². The van der Waals surface area contributed by atoms with Crippen LogP contribution in [0.2, 0.25) is 5.32 Å². The fourth-order valence-corrected chi connectivity index (χ4v) is 4.68. The van der Waals surface area contributed by atoms with Crippen molar-refractivity contribution >= 4 is 41.0 Å². The van der Waals surface area contributed by atoms with Crippen molar-refractivity contribution in [3.63, 3.8) is 0 Å². The van der Waals surface area contributed by atoms with Crippen molar-refractivity contribution in [2.45, 2.75) is 11.4 Å². The summed E-state index contributed by atoms with van der Waals surface area (Å²) >= 11 is 3.97. The van der Waals surface area contributed by atoms with Gasteiger partial charge in [0.25, 0.3) is 0 Å². The summed E-state index contributed by atoms with van der Waals surface area (Å²) in [5.41, 5.74) is 2.50. The number of para-hydroxylation sites is 1. The van der Waals surface area contributed by atoms with Crippen LogP contribution in [0.15, 0.2) is 89.4 Å². The molecule has 3 aromatic carbocycles. The van der Waals surface area contributed by atoms with Crippen LogP contribution in [0.25, 0.3) is 0 Å². The van der Waals surface area contributed by atoms with Crippen molar-refractivity contribution in [2.75, 3.05) is 5.32 Å². The Morgan fingerprint density at radius 2 is 1.39 bits per heavy atom. The fourth-order valence-electron chi connectivity index (χ4n) is 2.35. The molecule has 1 N–H and O–H groups in total. The Labute approximate surface area is 152 Å². The normalized spacial score (nSPS) is 11.9. The van der Waals surface area contributed by atoms with Gasteiger partial charge in [-0.1, -0.05) is 0 Å². The topological polar surface area (TPSA) is 12.0 Å². The average molecular weight is 431 g/mol. The third kappa shape index (κ3) is 4.97. The van der Waals surface area contributed by atoms with Crippen molar-refractivity contribution in [3.05, 3.63) is 95.0 Å². The molecule has 0 saturated carbocycles. The Kier molecular flexibility index (Phi) is 5.93. The van der Waals surface area contributed by atoms with Crippen LogP contribution in [0.1, 0.15) is 11.6 Å². The van der Waals surface area contributed by atoms with Gasteiger partial charge in [-0.15, -0.1) is 0 Å². The molecule has 0 bridgehead atoms. The zero-order valence-electron chi connectivity index (χ0n) is 12.7. The van der Waals surface area contributed by atoms with Gasteiger partial charge < -0.3 is 0 Å². The number of nitrogens with one attached hydrogen (secondary N) is 1. The van der Waals surface area contributed by atoms with Gasteiger partial charge in [0.1, 0.15) is 0 Å². The second-order valence-electron chi connectivity index (χ2n) is 5.24. The molecule has 0 heterocycles. The van der Waals surface area contributed by atoms with Crippen LogP contribution in [-0.2, 0) is 0 Å². The van der Waals surface area contributed by atoms with Gasteiger partial charge in [-0.25, -0.2) is 0 Å². The van der Waals surface area contributed by atoms with Gasteiger partial charge >= 0.3 is 153 Å². The first-order valence-electron chi connectivity index (χ1n) is 7.56. The molecule has 23 heavy (non-hydrogen) atoms. The SMILES string of the molecule is Brc1ccc(C(C[Se]c2ccccc2)Nc2ccccc2)cc1. The molecule has 0 aromatic heterocycles. The van der Waals surface area contributed by atoms with E-state index in [0.717, 1.165) is 9.79 Å². The molecule has 0 saturated heterocycles. The molecule has 0 aliphatic carbocycles. The average Bonchev–Trinajstić information content (AvgIpc) is 2.61. The Balaban J connectivity index is 1.76. The fraction of sp³-hybridized carbons (Fsp3) is 0.100. The van der Waals surface area contributed by atoms with Crippen LogP contribution < -0.4 is 9.78 Å². The molecular formula is C20H18BrNSe. The third-order valence-corrected chi connectivity index (χ3v) is 6.40. The molecule has 0 aliphatic heterocycles. The minimum atomic E-state index is 0.325. The second-order valence-corrected chi connectivity index (χ2v) is 8.45. The molecule has 0 radical (unpaired) electrons. The first kappa shape index (κ1) is 16.3. The minimum absolute atomic E-state index is 0.325. The van der Waals surface area contributed by atoms with E-state index in [2.05, 4.69) is 100 Å². The number of anilines is 1. The number of rotatable bonds is 6. The molecule has 1 atom stereocenters. The number of benzene rings is 3. The molecule has 0 aliphatic rings. The maximum atomic E-state index is 3.69. The molecule has 3 rings (SSSR count). The van der Waals surface area contributed by atoms with E-state index >= 15 is 0 Å². The molecule has 1 nitrogen and oxygen atoms in total. The monoisotopic (exact) mass is 431 g/mol. The Bertz CT molecular complexity index is 714. The van der Waals surface area contributed by atoms with Crippen LogP contribution in [-0.4, -0.2) is 15.0 Å². The van der Waals surface area contributed by atoms with Crippen molar-refractivity contribution in [1.29, 1.82) is 0 Å². The first-order valence-corrected chi connectivity index (χ1v) is 10.4. The van der Waals surface area contributed by atoms with Crippen molar-refractivity contribution in [3.8, 4) is 0 Å². The van der Waals surface area contributed by atoms with E-state index in [0.29, 0.717) is 21.0 Å². The second kappa shape index (κ2) is 8.35. The Hall–Kier alpha value is -1.54. The summed E-state index contributed by atoms with van der Waals surface area (Å²) in [6, 6.07) is 30.2. The summed E-state index contributed by atoms with van der Waals surface area (Å²) in [7, 11) is 0. The summed E-state index contributed by atoms with van der Waals surface area (Å²) in [5.74, 6) is 0. The van der Waals surface area contributed by atoms with Crippen LogP contribution in [0, 0.1) is 0 Å². The van der Waals surface area contributed by atoms with Gasteiger partial charge in [-0.3, -0.25) is 0 Å². The van der Waals surface area contributed by atoms with E-state index in [4.69, 9.17) is 0 Å². The summed E-state index contributed by atoms with van der Waals surface area (Å²) in [6.45, 7) is 0. The molecule has 3 heteroatoms. The third-order valence-electron chi connectivity index (χ3n) is 3.55. The number of hydrogen-bond acceptors (Lipinski definition) is 1. The van der Waals surface area contributed by atoms with Gasteiger partial charge in [0.2, 0.25) is 0 Å². The first-order chi connectivity index (χ1) is 11.3. The van der Waals surface area contributed by atoms with Gasteiger partial charge in [0.15, 0.2) is 0 Å². The maximum absolute atomic E-state index is 3.69. The predicted octanol–water partition coefficient (Wildman–Crippen LogP) is 5.05. The van der Waals surface area contributed by atoms with Gasteiger partial charge in [-0.2, -0.15) is 0 Å². The van der Waals surface area contributed by atoms with E-state index in [9.17, 15) is 0 Å². The van der Waals surface area contributed by atoms with Crippen LogP contribution in [0.5, 0.6) is 0 Å². The summed E-state index contributed by atoms with van der Waals surface area (Å²) < 4.78 is 2.56. The van der Waals surface area contributed by atoms with Crippen LogP contribution in [0.3, 0.4) is 0 Å². The van der Waals surface area contributed by atoms with E-state index in [-0.39, 0.29) is 0 Å². The van der Waals surface area contributed by atoms with Crippen molar-refractivity contribution in [1.82, 2.24) is 0 Å². The summed E-state index contributed by atoms with van der Waals surface area (Å²) in [6.07, 6.45) is 0. The van der Waals surface area contributed by atoms with Crippen molar-refractivity contribution in [2.24, 2.45) is 0 Å². The van der Waals surface area contributed by atoms with E-state index < -0.39 is 0 Å². The number of halogens is 1. The van der Waals surface area contributed by atoms with Gasteiger partial charge in [0.05, 0.1) is 0 Å². The quantitative estimate of drug-likeness (QED) is 0.539.